The second-order valence-electron chi connectivity index (χ2n) is 3.41. The molecule has 2 heteroatoms. The van der Waals surface area contributed by atoms with Gasteiger partial charge >= 0.3 is 0 Å². The monoisotopic (exact) mass is 170 g/mol. The van der Waals surface area contributed by atoms with Gasteiger partial charge in [-0.05, 0) is 18.4 Å². The van der Waals surface area contributed by atoms with Crippen LogP contribution in [0.15, 0.2) is 12.3 Å². The van der Waals surface area contributed by atoms with Crippen molar-refractivity contribution in [3.8, 4) is 0 Å². The average molecular weight is 170 g/mol. The van der Waals surface area contributed by atoms with E-state index in [0.29, 0.717) is 0 Å². The number of hydrogen-bond acceptors (Lipinski definition) is 2. The van der Waals surface area contributed by atoms with Crippen LogP contribution in [0.5, 0.6) is 0 Å². The lowest BCUT2D eigenvalue weighted by atomic mass is 9.87. The van der Waals surface area contributed by atoms with E-state index in [4.69, 9.17) is 9.84 Å². The molecule has 0 saturated heterocycles. The van der Waals surface area contributed by atoms with Crippen molar-refractivity contribution in [2.45, 2.75) is 38.5 Å². The maximum atomic E-state index is 8.33. The van der Waals surface area contributed by atoms with Crippen LogP contribution in [0.2, 0.25) is 0 Å². The van der Waals surface area contributed by atoms with Gasteiger partial charge in [-0.25, -0.2) is 0 Å². The zero-order valence-electron chi connectivity index (χ0n) is 7.54. The molecular formula is C10H18O2. The van der Waals surface area contributed by atoms with E-state index in [1.54, 1.807) is 6.26 Å². The quantitative estimate of drug-likeness (QED) is 0.518. The maximum Gasteiger partial charge on any atom is 0.185 e. The van der Waals surface area contributed by atoms with Gasteiger partial charge in [-0.1, -0.05) is 32.1 Å². The van der Waals surface area contributed by atoms with Gasteiger partial charge in [0, 0.05) is 0 Å². The van der Waals surface area contributed by atoms with Gasteiger partial charge in [0.1, 0.15) is 0 Å². The molecule has 12 heavy (non-hydrogen) atoms. The summed E-state index contributed by atoms with van der Waals surface area (Å²) in [7, 11) is 0. The predicted octanol–water partition coefficient (Wildman–Crippen LogP) is 2.44. The zero-order chi connectivity index (χ0) is 8.65. The predicted molar refractivity (Wildman–Crippen MR) is 48.5 cm³/mol. The normalized spacial score (nSPS) is 20.1. The minimum atomic E-state index is -0.207. The van der Waals surface area contributed by atoms with E-state index in [9.17, 15) is 0 Å². The van der Waals surface area contributed by atoms with Crippen LogP contribution in [0.1, 0.15) is 38.5 Å². The van der Waals surface area contributed by atoms with Crippen LogP contribution in [-0.2, 0) is 4.74 Å². The summed E-state index contributed by atoms with van der Waals surface area (Å²) >= 11 is 0. The molecule has 0 atom stereocenters. The third kappa shape index (κ3) is 3.77. The van der Waals surface area contributed by atoms with Crippen molar-refractivity contribution in [1.29, 1.82) is 0 Å². The van der Waals surface area contributed by atoms with Gasteiger partial charge < -0.3 is 9.84 Å². The summed E-state index contributed by atoms with van der Waals surface area (Å²) in [6, 6.07) is 0. The van der Waals surface area contributed by atoms with Crippen molar-refractivity contribution in [3.63, 3.8) is 0 Å². The first-order chi connectivity index (χ1) is 5.93. The summed E-state index contributed by atoms with van der Waals surface area (Å²) < 4.78 is 4.70. The molecule has 0 amide bonds. The smallest absolute Gasteiger partial charge is 0.185 e. The zero-order valence-corrected chi connectivity index (χ0v) is 7.54. The molecule has 0 heterocycles. The highest BCUT2D eigenvalue weighted by Crippen LogP contribution is 2.26. The topological polar surface area (TPSA) is 29.5 Å². The van der Waals surface area contributed by atoms with Gasteiger partial charge in [-0.3, -0.25) is 0 Å². The Bertz CT molecular complexity index is 126. The lowest BCUT2D eigenvalue weighted by molar-refractivity contribution is 0.0596. The van der Waals surface area contributed by atoms with E-state index in [1.165, 1.54) is 32.1 Å². The molecule has 2 nitrogen and oxygen atoms in total. The second kappa shape index (κ2) is 6.06. The van der Waals surface area contributed by atoms with Crippen LogP contribution in [0.4, 0.5) is 0 Å². The Balaban J connectivity index is 2.04. The summed E-state index contributed by atoms with van der Waals surface area (Å²) in [5, 5.41) is 8.33. The molecule has 0 aromatic carbocycles. The van der Waals surface area contributed by atoms with Crippen molar-refractivity contribution in [1.82, 2.24) is 0 Å². The van der Waals surface area contributed by atoms with Crippen molar-refractivity contribution in [3.05, 3.63) is 12.3 Å². The van der Waals surface area contributed by atoms with Crippen LogP contribution >= 0.6 is 0 Å². The number of aliphatic hydroxyl groups is 1. The highest BCUT2D eigenvalue weighted by molar-refractivity contribution is 4.79. The Morgan fingerprint density at radius 3 is 2.67 bits per heavy atom. The number of rotatable bonds is 4. The van der Waals surface area contributed by atoms with E-state index < -0.39 is 0 Å². The average Bonchev–Trinajstić information content (AvgIpc) is 2.14. The lowest BCUT2D eigenvalue weighted by Gasteiger charge is -2.19. The van der Waals surface area contributed by atoms with Crippen LogP contribution in [0.3, 0.4) is 0 Å². The van der Waals surface area contributed by atoms with Crippen LogP contribution in [0, 0.1) is 5.92 Å². The van der Waals surface area contributed by atoms with Crippen LogP contribution in [-0.4, -0.2) is 11.9 Å². The molecular weight excluding hydrogens is 152 g/mol. The third-order valence-electron chi connectivity index (χ3n) is 2.46. The Morgan fingerprint density at radius 1 is 1.25 bits per heavy atom. The van der Waals surface area contributed by atoms with Gasteiger partial charge in [0.15, 0.2) is 6.79 Å². The summed E-state index contributed by atoms with van der Waals surface area (Å²) in [5.41, 5.74) is 0. The molecule has 0 spiro atoms. The Hall–Kier alpha value is -0.500. The Kier molecular flexibility index (Phi) is 4.85. The van der Waals surface area contributed by atoms with E-state index >= 15 is 0 Å². The Labute approximate surface area is 74.2 Å². The van der Waals surface area contributed by atoms with Crippen molar-refractivity contribution in [2.24, 2.45) is 5.92 Å². The molecule has 0 unspecified atom stereocenters. The molecule has 1 saturated carbocycles. The first-order valence-electron chi connectivity index (χ1n) is 4.81. The van der Waals surface area contributed by atoms with Crippen molar-refractivity contribution < 1.29 is 9.84 Å². The molecule has 0 aliphatic heterocycles. The maximum absolute atomic E-state index is 8.33. The molecule has 0 bridgehead atoms. The molecule has 1 N–H and O–H groups in total. The third-order valence-corrected chi connectivity index (χ3v) is 2.46. The molecule has 1 fully saturated rings. The van der Waals surface area contributed by atoms with Crippen LogP contribution < -0.4 is 0 Å². The van der Waals surface area contributed by atoms with Gasteiger partial charge in [0.2, 0.25) is 0 Å². The van der Waals surface area contributed by atoms with E-state index in [2.05, 4.69) is 0 Å². The molecule has 0 aromatic heterocycles. The highest BCUT2D eigenvalue weighted by atomic mass is 16.6. The minimum Gasteiger partial charge on any atom is -0.476 e. The SMILES string of the molecule is OCOC=CCC1CCCCC1. The van der Waals surface area contributed by atoms with Gasteiger partial charge in [-0.2, -0.15) is 0 Å². The second-order valence-corrected chi connectivity index (χ2v) is 3.41. The van der Waals surface area contributed by atoms with E-state index in [1.807, 2.05) is 6.08 Å². The Morgan fingerprint density at radius 2 is 2.00 bits per heavy atom. The summed E-state index contributed by atoms with van der Waals surface area (Å²) in [6.45, 7) is -0.207. The van der Waals surface area contributed by atoms with Crippen LogP contribution in [0.25, 0.3) is 0 Å². The fourth-order valence-corrected chi connectivity index (χ4v) is 1.78. The molecule has 70 valence electrons. The summed E-state index contributed by atoms with van der Waals surface area (Å²) in [4.78, 5) is 0. The fourth-order valence-electron chi connectivity index (χ4n) is 1.78. The van der Waals surface area contributed by atoms with E-state index in [-0.39, 0.29) is 6.79 Å². The summed E-state index contributed by atoms with van der Waals surface area (Å²) in [6.07, 6.45) is 11.7. The van der Waals surface area contributed by atoms with Gasteiger partial charge in [-0.15, -0.1) is 0 Å². The number of aliphatic hydroxyl groups excluding tert-OH is 1. The van der Waals surface area contributed by atoms with Gasteiger partial charge in [0.25, 0.3) is 0 Å². The van der Waals surface area contributed by atoms with Crippen molar-refractivity contribution in [2.75, 3.05) is 6.79 Å². The standard InChI is InChI=1S/C10H18O2/c11-9-12-8-4-7-10-5-2-1-3-6-10/h4,8,10-11H,1-3,5-7,9H2. The largest absolute Gasteiger partial charge is 0.476 e. The highest BCUT2D eigenvalue weighted by Gasteiger charge is 2.10. The molecule has 1 aliphatic rings. The molecule has 1 aliphatic carbocycles. The molecule has 1 rings (SSSR count). The number of allylic oxidation sites excluding steroid dienone is 1. The molecule has 0 aromatic rings. The fraction of sp³-hybridized carbons (Fsp3) is 0.800. The first-order valence-corrected chi connectivity index (χ1v) is 4.81. The first kappa shape index (κ1) is 9.59. The summed E-state index contributed by atoms with van der Waals surface area (Å²) in [5.74, 6) is 0.859. The number of ether oxygens (including phenoxy) is 1. The van der Waals surface area contributed by atoms with Crippen molar-refractivity contribution >= 4 is 0 Å². The van der Waals surface area contributed by atoms with Gasteiger partial charge in [0.05, 0.1) is 6.26 Å². The van der Waals surface area contributed by atoms with E-state index in [0.717, 1.165) is 12.3 Å². The minimum absolute atomic E-state index is 0.207. The lowest BCUT2D eigenvalue weighted by Crippen LogP contribution is -2.04. The molecule has 0 radical (unpaired) electrons. The number of hydrogen-bond donors (Lipinski definition) is 1.